The van der Waals surface area contributed by atoms with Gasteiger partial charge in [-0.1, -0.05) is 20.8 Å². The zero-order valence-electron chi connectivity index (χ0n) is 7.46. The topological polar surface area (TPSA) is 47.9 Å². The van der Waals surface area contributed by atoms with Crippen LogP contribution in [0.5, 0.6) is 0 Å². The molecule has 0 aromatic rings. The van der Waals surface area contributed by atoms with Gasteiger partial charge in [-0.3, -0.25) is 0 Å². The summed E-state index contributed by atoms with van der Waals surface area (Å²) in [6.45, 7) is 8.11. The molecular weight excluding hydrogens is 148 g/mol. The highest BCUT2D eigenvalue weighted by molar-refractivity contribution is 4.64. The van der Waals surface area contributed by atoms with Gasteiger partial charge in [0.15, 0.2) is 0 Å². The molecule has 0 aromatic heterocycles. The summed E-state index contributed by atoms with van der Waals surface area (Å²) in [5.74, 6) is 0. The quantitative estimate of drug-likeness (QED) is 0.511. The normalized spacial score (nSPS) is 15.0. The van der Waals surface area contributed by atoms with Crippen molar-refractivity contribution in [3.05, 3.63) is 0 Å². The second kappa shape index (κ2) is 4.66. The van der Waals surface area contributed by atoms with Crippen LogP contribution in [-0.2, 0) is 15.0 Å². The highest BCUT2D eigenvalue weighted by Gasteiger charge is 2.16. The van der Waals surface area contributed by atoms with Crippen LogP contribution in [-0.4, -0.2) is 11.4 Å². The van der Waals surface area contributed by atoms with Gasteiger partial charge >= 0.3 is 0 Å². The minimum Gasteiger partial charge on any atom is -0.219 e. The fourth-order valence-electron chi connectivity index (χ4n) is 0.981. The molecule has 1 N–H and O–H groups in total. The van der Waals surface area contributed by atoms with Gasteiger partial charge in [-0.15, -0.1) is 0 Å². The maximum absolute atomic E-state index is 7.77. The van der Waals surface area contributed by atoms with Crippen molar-refractivity contribution < 1.29 is 20.2 Å². The second-order valence-electron chi connectivity index (χ2n) is 3.81. The van der Waals surface area contributed by atoms with E-state index in [1.165, 1.54) is 0 Å². The molecule has 0 aliphatic heterocycles. The summed E-state index contributed by atoms with van der Waals surface area (Å²) in [6, 6.07) is 0. The lowest BCUT2D eigenvalue weighted by Crippen LogP contribution is -2.18. The van der Waals surface area contributed by atoms with Gasteiger partial charge in [-0.2, -0.15) is 0 Å². The molecule has 4 nitrogen and oxygen atoms in total. The van der Waals surface area contributed by atoms with Crippen molar-refractivity contribution in [2.24, 2.45) is 5.41 Å². The van der Waals surface area contributed by atoms with E-state index in [1.54, 1.807) is 0 Å². The standard InChI is InChI=1S/C7H16O4/c1-6(9-11-10-8)5-7(2,3)4/h6,8H,5H2,1-4H3. The van der Waals surface area contributed by atoms with Gasteiger partial charge in [0.2, 0.25) is 0 Å². The zero-order chi connectivity index (χ0) is 8.91. The fourth-order valence-corrected chi connectivity index (χ4v) is 0.981. The third-order valence-corrected chi connectivity index (χ3v) is 1.13. The van der Waals surface area contributed by atoms with Crippen LogP contribution in [0.4, 0.5) is 0 Å². The lowest BCUT2D eigenvalue weighted by molar-refractivity contribution is -0.631. The minimum atomic E-state index is -0.0952. The SMILES string of the molecule is CC(CC(C)(C)C)OOOO. The van der Waals surface area contributed by atoms with Crippen LogP contribution in [0.2, 0.25) is 0 Å². The van der Waals surface area contributed by atoms with Crippen molar-refractivity contribution in [2.75, 3.05) is 0 Å². The summed E-state index contributed by atoms with van der Waals surface area (Å²) in [5.41, 5.74) is 0.179. The molecule has 0 aliphatic carbocycles. The molecule has 0 heterocycles. The molecule has 0 radical (unpaired) electrons. The lowest BCUT2D eigenvalue weighted by atomic mass is 9.90. The van der Waals surface area contributed by atoms with Crippen LogP contribution in [0, 0.1) is 5.41 Å². The smallest absolute Gasteiger partial charge is 0.0939 e. The molecule has 0 aromatic carbocycles. The summed E-state index contributed by atoms with van der Waals surface area (Å²) >= 11 is 0. The van der Waals surface area contributed by atoms with Crippen LogP contribution in [0.3, 0.4) is 0 Å². The Morgan fingerprint density at radius 1 is 1.36 bits per heavy atom. The van der Waals surface area contributed by atoms with E-state index in [0.717, 1.165) is 6.42 Å². The number of rotatable bonds is 4. The molecule has 0 saturated carbocycles. The van der Waals surface area contributed by atoms with E-state index in [2.05, 4.69) is 35.7 Å². The average Bonchev–Trinajstić information content (AvgIpc) is 1.79. The summed E-state index contributed by atoms with van der Waals surface area (Å²) in [5, 5.41) is 15.0. The van der Waals surface area contributed by atoms with Crippen molar-refractivity contribution in [2.45, 2.75) is 40.2 Å². The molecule has 0 spiro atoms. The van der Waals surface area contributed by atoms with Crippen LogP contribution < -0.4 is 0 Å². The first-order chi connectivity index (χ1) is 4.95. The highest BCUT2D eigenvalue weighted by Crippen LogP contribution is 2.21. The van der Waals surface area contributed by atoms with Gasteiger partial charge < -0.3 is 0 Å². The van der Waals surface area contributed by atoms with Gasteiger partial charge in [0.05, 0.1) is 6.10 Å². The van der Waals surface area contributed by atoms with Crippen LogP contribution in [0.1, 0.15) is 34.1 Å². The van der Waals surface area contributed by atoms with E-state index >= 15 is 0 Å². The van der Waals surface area contributed by atoms with Crippen molar-refractivity contribution in [3.8, 4) is 0 Å². The first-order valence-corrected chi connectivity index (χ1v) is 3.59. The van der Waals surface area contributed by atoms with E-state index in [-0.39, 0.29) is 11.5 Å². The third-order valence-electron chi connectivity index (χ3n) is 1.13. The Labute approximate surface area is 66.9 Å². The van der Waals surface area contributed by atoms with Crippen LogP contribution in [0.15, 0.2) is 0 Å². The van der Waals surface area contributed by atoms with E-state index in [0.29, 0.717) is 0 Å². The maximum Gasteiger partial charge on any atom is 0.0939 e. The molecule has 0 saturated heterocycles. The van der Waals surface area contributed by atoms with Gasteiger partial charge in [0, 0.05) is 0 Å². The first kappa shape index (κ1) is 10.8. The molecule has 68 valence electrons. The van der Waals surface area contributed by atoms with Crippen molar-refractivity contribution in [1.82, 2.24) is 0 Å². The lowest BCUT2D eigenvalue weighted by Gasteiger charge is -2.21. The van der Waals surface area contributed by atoms with E-state index in [9.17, 15) is 0 Å². The van der Waals surface area contributed by atoms with E-state index in [1.807, 2.05) is 6.92 Å². The maximum atomic E-state index is 7.77. The molecule has 1 atom stereocenters. The molecule has 0 rings (SSSR count). The van der Waals surface area contributed by atoms with Crippen molar-refractivity contribution in [1.29, 1.82) is 0 Å². The largest absolute Gasteiger partial charge is 0.219 e. The van der Waals surface area contributed by atoms with Gasteiger partial charge in [0.1, 0.15) is 0 Å². The van der Waals surface area contributed by atoms with Crippen molar-refractivity contribution >= 4 is 0 Å². The Morgan fingerprint density at radius 2 is 1.91 bits per heavy atom. The number of hydrogen-bond donors (Lipinski definition) is 1. The molecule has 0 amide bonds. The van der Waals surface area contributed by atoms with Gasteiger partial charge in [-0.25, -0.2) is 10.1 Å². The van der Waals surface area contributed by atoms with Crippen LogP contribution in [0.25, 0.3) is 0 Å². The molecule has 0 aliphatic rings. The average molecular weight is 164 g/mol. The predicted octanol–water partition coefficient (Wildman–Crippen LogP) is 2.16. The molecule has 4 heteroatoms. The summed E-state index contributed by atoms with van der Waals surface area (Å²) < 4.78 is 0. The third kappa shape index (κ3) is 7.74. The number of hydrogen-bond acceptors (Lipinski definition) is 4. The first-order valence-electron chi connectivity index (χ1n) is 3.59. The fraction of sp³-hybridized carbons (Fsp3) is 1.00. The molecule has 0 bridgehead atoms. The van der Waals surface area contributed by atoms with Crippen LogP contribution >= 0.6 is 0 Å². The van der Waals surface area contributed by atoms with Crippen molar-refractivity contribution in [3.63, 3.8) is 0 Å². The molecule has 1 unspecified atom stereocenters. The molecule has 0 fully saturated rings. The summed E-state index contributed by atoms with van der Waals surface area (Å²) in [7, 11) is 0. The Hall–Kier alpha value is -0.160. The Balaban J connectivity index is 3.44. The summed E-state index contributed by atoms with van der Waals surface area (Å²) in [6.07, 6.45) is 0.734. The van der Waals surface area contributed by atoms with Gasteiger partial charge in [0.25, 0.3) is 0 Å². The Morgan fingerprint density at radius 3 is 2.27 bits per heavy atom. The molecule has 11 heavy (non-hydrogen) atoms. The monoisotopic (exact) mass is 164 g/mol. The predicted molar refractivity (Wildman–Crippen MR) is 39.4 cm³/mol. The summed E-state index contributed by atoms with van der Waals surface area (Å²) in [4.78, 5) is 4.59. The van der Waals surface area contributed by atoms with E-state index in [4.69, 9.17) is 5.26 Å². The minimum absolute atomic E-state index is 0.0952. The zero-order valence-corrected chi connectivity index (χ0v) is 7.46. The van der Waals surface area contributed by atoms with Gasteiger partial charge in [-0.05, 0) is 28.8 Å². The Bertz CT molecular complexity index is 97.1. The Kier molecular flexibility index (Phi) is 4.60. The molecular formula is C7H16O4. The second-order valence-corrected chi connectivity index (χ2v) is 3.81. The van der Waals surface area contributed by atoms with E-state index < -0.39 is 0 Å². The highest BCUT2D eigenvalue weighted by atomic mass is 17.6.